The number of rotatable bonds is 4. The van der Waals surface area contributed by atoms with Gasteiger partial charge in [0, 0.05) is 28.6 Å². The molecule has 0 radical (unpaired) electrons. The van der Waals surface area contributed by atoms with Crippen LogP contribution >= 0.6 is 0 Å². The van der Waals surface area contributed by atoms with Crippen molar-refractivity contribution < 1.29 is 5.11 Å². The summed E-state index contributed by atoms with van der Waals surface area (Å²) in [6.07, 6.45) is -0.663. The number of para-hydroxylation sites is 1. The van der Waals surface area contributed by atoms with Crippen LogP contribution in [0, 0.1) is 0 Å². The van der Waals surface area contributed by atoms with Crippen molar-refractivity contribution in [3.8, 4) is 0 Å². The zero-order valence-electron chi connectivity index (χ0n) is 18.2. The average Bonchev–Trinajstić information content (AvgIpc) is 3.28. The molecule has 3 N–H and O–H groups in total. The average molecular weight is 431 g/mol. The predicted octanol–water partition coefficient (Wildman–Crippen LogP) is 6.09. The third-order valence-corrected chi connectivity index (χ3v) is 6.87. The highest BCUT2D eigenvalue weighted by molar-refractivity contribution is 5.86. The van der Waals surface area contributed by atoms with Crippen molar-refractivity contribution >= 4 is 10.9 Å². The summed E-state index contributed by atoms with van der Waals surface area (Å²) in [4.78, 5) is 3.72. The number of aromatic nitrogens is 1. The fourth-order valence-electron chi connectivity index (χ4n) is 5.37. The summed E-state index contributed by atoms with van der Waals surface area (Å²) in [6.45, 7) is 0. The lowest BCUT2D eigenvalue weighted by atomic mass is 9.75. The van der Waals surface area contributed by atoms with Gasteiger partial charge in [-0.05, 0) is 28.3 Å². The van der Waals surface area contributed by atoms with Crippen LogP contribution in [0.3, 0.4) is 0 Å². The molecule has 0 saturated heterocycles. The minimum atomic E-state index is -0.663. The fraction of sp³-hybridized carbons (Fsp3) is 0.133. The van der Waals surface area contributed by atoms with Gasteiger partial charge < -0.3 is 10.1 Å². The zero-order chi connectivity index (χ0) is 22.2. The van der Waals surface area contributed by atoms with E-state index in [1.165, 1.54) is 27.8 Å². The molecular weight excluding hydrogens is 404 g/mol. The molecular formula is C30H26N2O. The van der Waals surface area contributed by atoms with E-state index in [1.807, 2.05) is 42.5 Å². The number of benzene rings is 4. The highest BCUT2D eigenvalue weighted by atomic mass is 16.3. The maximum absolute atomic E-state index is 11.7. The first-order chi connectivity index (χ1) is 16.3. The van der Waals surface area contributed by atoms with Crippen LogP contribution in [0.4, 0.5) is 0 Å². The number of hydrogen-bond donors (Lipinski definition) is 3. The first-order valence-electron chi connectivity index (χ1n) is 11.5. The molecule has 0 fully saturated rings. The molecule has 0 spiro atoms. The van der Waals surface area contributed by atoms with Gasteiger partial charge in [0.25, 0.3) is 0 Å². The van der Waals surface area contributed by atoms with Crippen LogP contribution in [-0.2, 0) is 0 Å². The highest BCUT2D eigenvalue weighted by Gasteiger charge is 2.42. The van der Waals surface area contributed by atoms with Crippen LogP contribution in [0.15, 0.2) is 115 Å². The number of aliphatic hydroxyl groups excluding tert-OH is 1. The number of H-pyrrole nitrogens is 1. The lowest BCUT2D eigenvalue weighted by Gasteiger charge is -2.41. The van der Waals surface area contributed by atoms with Gasteiger partial charge in [-0.3, -0.25) is 5.32 Å². The molecule has 1 aliphatic rings. The molecule has 0 unspecified atom stereocenters. The first kappa shape index (κ1) is 20.0. The smallest absolute Gasteiger partial charge is 0.0952 e. The molecule has 5 aromatic rings. The van der Waals surface area contributed by atoms with Crippen LogP contribution < -0.4 is 5.32 Å². The van der Waals surface area contributed by atoms with Crippen LogP contribution in [0.25, 0.3) is 10.9 Å². The van der Waals surface area contributed by atoms with E-state index in [-0.39, 0.29) is 18.0 Å². The molecule has 2 heterocycles. The molecule has 0 bridgehead atoms. The molecule has 6 rings (SSSR count). The van der Waals surface area contributed by atoms with Crippen LogP contribution in [0.5, 0.6) is 0 Å². The van der Waals surface area contributed by atoms with Crippen molar-refractivity contribution in [2.75, 3.05) is 0 Å². The lowest BCUT2D eigenvalue weighted by molar-refractivity contribution is 0.110. The molecule has 0 amide bonds. The van der Waals surface area contributed by atoms with E-state index in [1.54, 1.807) is 0 Å². The Balaban J connectivity index is 1.60. The van der Waals surface area contributed by atoms with Crippen LogP contribution in [0.2, 0.25) is 0 Å². The molecule has 0 aliphatic carbocycles. The van der Waals surface area contributed by atoms with Gasteiger partial charge in [0.2, 0.25) is 0 Å². The van der Waals surface area contributed by atoms with E-state index < -0.39 is 6.10 Å². The highest BCUT2D eigenvalue weighted by Crippen LogP contribution is 2.46. The number of nitrogens with one attached hydrogen (secondary N) is 2. The second kappa shape index (κ2) is 8.36. The van der Waals surface area contributed by atoms with Gasteiger partial charge in [-0.15, -0.1) is 0 Å². The number of fused-ring (bicyclic) bond motifs is 3. The topological polar surface area (TPSA) is 48.0 Å². The zero-order valence-corrected chi connectivity index (χ0v) is 18.2. The quantitative estimate of drug-likeness (QED) is 0.323. The normalized spacial score (nSPS) is 20.9. The minimum Gasteiger partial charge on any atom is -0.387 e. The maximum Gasteiger partial charge on any atom is 0.0952 e. The Morgan fingerprint density at radius 1 is 0.636 bits per heavy atom. The number of hydrogen-bond acceptors (Lipinski definition) is 2. The Hall–Kier alpha value is -3.66. The summed E-state index contributed by atoms with van der Waals surface area (Å²) in [6, 6.07) is 39.3. The Morgan fingerprint density at radius 3 is 1.91 bits per heavy atom. The third-order valence-electron chi connectivity index (χ3n) is 6.87. The number of aromatic amines is 1. The summed E-state index contributed by atoms with van der Waals surface area (Å²) in [5.41, 5.74) is 6.87. The van der Waals surface area contributed by atoms with E-state index in [0.29, 0.717) is 0 Å². The molecule has 1 aliphatic heterocycles. The van der Waals surface area contributed by atoms with Crippen molar-refractivity contribution in [1.82, 2.24) is 10.3 Å². The molecule has 33 heavy (non-hydrogen) atoms. The van der Waals surface area contributed by atoms with E-state index >= 15 is 0 Å². The SMILES string of the molecule is O[C@@H](c1ccccc1)[C@H]1N[C@@H](c2ccccc2)c2[nH]c3ccccc3c2[C@H]1c1ccccc1. The Kier molecular flexibility index (Phi) is 5.06. The lowest BCUT2D eigenvalue weighted by Crippen LogP contribution is -2.47. The second-order valence-corrected chi connectivity index (χ2v) is 8.78. The van der Waals surface area contributed by atoms with E-state index in [0.717, 1.165) is 11.1 Å². The van der Waals surface area contributed by atoms with Gasteiger partial charge in [-0.25, -0.2) is 0 Å². The molecule has 4 atom stereocenters. The molecule has 3 heteroatoms. The van der Waals surface area contributed by atoms with Crippen LogP contribution in [0.1, 0.15) is 46.0 Å². The van der Waals surface area contributed by atoms with Gasteiger partial charge in [-0.1, -0.05) is 109 Å². The second-order valence-electron chi connectivity index (χ2n) is 8.78. The maximum atomic E-state index is 11.7. The largest absolute Gasteiger partial charge is 0.387 e. The van der Waals surface area contributed by atoms with E-state index in [4.69, 9.17) is 0 Å². The molecule has 0 saturated carbocycles. The Bertz CT molecular complexity index is 1360. The molecule has 1 aromatic heterocycles. The Morgan fingerprint density at radius 2 is 1.21 bits per heavy atom. The standard InChI is InChI=1S/C30H26N2O/c33-30(22-16-8-3-9-17-22)29-25(20-12-4-1-5-13-20)26-23-18-10-11-19-24(23)31-28(26)27(32-29)21-14-6-2-7-15-21/h1-19,25,27,29-33H/t25-,27+,29+,30+/m1/s1. The van der Waals surface area contributed by atoms with Gasteiger partial charge >= 0.3 is 0 Å². The summed E-state index contributed by atoms with van der Waals surface area (Å²) in [7, 11) is 0. The van der Waals surface area contributed by atoms with Gasteiger partial charge in [0.05, 0.1) is 12.1 Å². The Labute approximate surface area is 193 Å². The van der Waals surface area contributed by atoms with Crippen molar-refractivity contribution in [2.24, 2.45) is 0 Å². The summed E-state index contributed by atoms with van der Waals surface area (Å²) in [5, 5.41) is 16.8. The summed E-state index contributed by atoms with van der Waals surface area (Å²) < 4.78 is 0. The van der Waals surface area contributed by atoms with Crippen molar-refractivity contribution in [2.45, 2.75) is 24.1 Å². The van der Waals surface area contributed by atoms with Gasteiger partial charge in [-0.2, -0.15) is 0 Å². The fourth-order valence-corrected chi connectivity index (χ4v) is 5.37. The van der Waals surface area contributed by atoms with E-state index in [2.05, 4.69) is 83.1 Å². The van der Waals surface area contributed by atoms with Gasteiger partial charge in [0.15, 0.2) is 0 Å². The monoisotopic (exact) mass is 430 g/mol. The van der Waals surface area contributed by atoms with Crippen LogP contribution in [-0.4, -0.2) is 16.1 Å². The van der Waals surface area contributed by atoms with Crippen molar-refractivity contribution in [3.05, 3.63) is 143 Å². The van der Waals surface area contributed by atoms with Crippen molar-refractivity contribution in [1.29, 1.82) is 0 Å². The molecule has 3 nitrogen and oxygen atoms in total. The van der Waals surface area contributed by atoms with Gasteiger partial charge in [0.1, 0.15) is 0 Å². The molecule has 162 valence electrons. The predicted molar refractivity (Wildman–Crippen MR) is 133 cm³/mol. The summed E-state index contributed by atoms with van der Waals surface area (Å²) in [5.74, 6) is -0.00693. The third kappa shape index (κ3) is 3.46. The minimum absolute atomic E-state index is 0.00693. The summed E-state index contributed by atoms with van der Waals surface area (Å²) >= 11 is 0. The van der Waals surface area contributed by atoms with E-state index in [9.17, 15) is 5.11 Å². The first-order valence-corrected chi connectivity index (χ1v) is 11.5. The molecule has 4 aromatic carbocycles. The van der Waals surface area contributed by atoms with Crippen molar-refractivity contribution in [3.63, 3.8) is 0 Å². The number of aliphatic hydroxyl groups is 1.